The van der Waals surface area contributed by atoms with Gasteiger partial charge in [-0.05, 0) is 150 Å². The molecule has 0 bridgehead atoms. The van der Waals surface area contributed by atoms with E-state index < -0.39 is 38.4 Å². The number of aryl methyl sites for hydroxylation is 1. The van der Waals surface area contributed by atoms with Crippen LogP contribution in [-0.4, -0.2) is 61.7 Å². The van der Waals surface area contributed by atoms with Crippen molar-refractivity contribution in [2.75, 3.05) is 13.2 Å². The molecule has 0 heterocycles. The Hall–Kier alpha value is -1.74. The fourth-order valence-electron chi connectivity index (χ4n) is 9.12. The number of alkyl carbamates (subject to hydrolysis) is 1. The third-order valence-corrected chi connectivity index (χ3v) is 25.0. The Morgan fingerprint density at radius 1 is 0.873 bits per heavy atom. The van der Waals surface area contributed by atoms with E-state index in [-0.39, 0.29) is 43.7 Å². The monoisotopic (exact) mass is 820 g/mol. The van der Waals surface area contributed by atoms with E-state index in [1.807, 2.05) is 27.7 Å². The standard InChI is InChI=1S/C43H77N3O6SSi2/c1-30-17-19-33(20-18-30)53(48,49)46-45-37-22-21-35-34(28-44-38(47)51-39(2,3)4)36(24-26-43(35,37)12)42(11)25-23-32(52-55(15,16)41(8,9)10)27-31(42)29-50-54(13,14)40(5,6)7/h17-20,31-32,34-36,46H,21-29H2,1-16H3,(H,44,47)/b45-37+/t31-,32+,34+,35+,36+,42+,43+/m1/s1. The van der Waals surface area contributed by atoms with Gasteiger partial charge in [-0.15, -0.1) is 0 Å². The molecule has 1 aromatic carbocycles. The Morgan fingerprint density at radius 3 is 2.04 bits per heavy atom. The smallest absolute Gasteiger partial charge is 0.407 e. The second-order valence-electron chi connectivity index (χ2n) is 21.8. The molecule has 2 N–H and O–H groups in total. The van der Waals surface area contributed by atoms with Gasteiger partial charge in [0.15, 0.2) is 16.6 Å². The summed E-state index contributed by atoms with van der Waals surface area (Å²) in [6.07, 6.45) is 6.27. The number of hydrazone groups is 1. The molecule has 0 aliphatic heterocycles. The minimum atomic E-state index is -3.81. The molecule has 0 saturated heterocycles. The number of nitrogens with zero attached hydrogens (tertiary/aromatic N) is 1. The molecule has 314 valence electrons. The predicted molar refractivity (Wildman–Crippen MR) is 231 cm³/mol. The van der Waals surface area contributed by atoms with Crippen LogP contribution in [0.4, 0.5) is 4.79 Å². The maximum atomic E-state index is 13.3. The predicted octanol–water partition coefficient (Wildman–Crippen LogP) is 10.8. The first kappa shape index (κ1) is 46.0. The van der Waals surface area contributed by atoms with Gasteiger partial charge < -0.3 is 18.9 Å². The molecule has 0 unspecified atom stereocenters. The lowest BCUT2D eigenvalue weighted by atomic mass is 9.49. The average molecular weight is 820 g/mol. The number of carbonyl (C=O) groups is 1. The van der Waals surface area contributed by atoms with E-state index in [0.717, 1.165) is 49.8 Å². The first-order valence-electron chi connectivity index (χ1n) is 20.9. The number of sulfonamides is 1. The van der Waals surface area contributed by atoms with Crippen molar-refractivity contribution in [3.05, 3.63) is 29.8 Å². The molecular weight excluding hydrogens is 743 g/mol. The Balaban J connectivity index is 1.70. The van der Waals surface area contributed by atoms with Crippen molar-refractivity contribution in [2.24, 2.45) is 39.6 Å². The van der Waals surface area contributed by atoms with Gasteiger partial charge in [0.05, 0.1) is 4.90 Å². The molecule has 1 aromatic rings. The summed E-state index contributed by atoms with van der Waals surface area (Å²) in [5, 5.41) is 8.12. The van der Waals surface area contributed by atoms with Gasteiger partial charge in [0.25, 0.3) is 10.0 Å². The Labute approximate surface area is 337 Å². The minimum Gasteiger partial charge on any atom is -0.444 e. The van der Waals surface area contributed by atoms with Crippen LogP contribution in [0, 0.1) is 41.4 Å². The number of benzene rings is 1. The summed E-state index contributed by atoms with van der Waals surface area (Å²) in [5.41, 5.74) is 0.942. The number of nitrogens with one attached hydrogen (secondary N) is 2. The summed E-state index contributed by atoms with van der Waals surface area (Å²) in [4.78, 5) is 16.0. The fraction of sp³-hybridized carbons (Fsp3) is 0.814. The van der Waals surface area contributed by atoms with E-state index >= 15 is 0 Å². The van der Waals surface area contributed by atoms with Gasteiger partial charge in [-0.25, -0.2) is 9.63 Å². The maximum absolute atomic E-state index is 13.3. The molecule has 3 aliphatic rings. The molecule has 0 radical (unpaired) electrons. The molecule has 0 spiro atoms. The number of hydrogen-bond donors (Lipinski definition) is 2. The molecule has 3 fully saturated rings. The molecule has 7 atom stereocenters. The van der Waals surface area contributed by atoms with Crippen LogP contribution in [0.25, 0.3) is 0 Å². The molecule has 55 heavy (non-hydrogen) atoms. The highest BCUT2D eigenvalue weighted by Gasteiger charge is 2.58. The van der Waals surface area contributed by atoms with Crippen molar-refractivity contribution in [2.45, 2.75) is 181 Å². The van der Waals surface area contributed by atoms with Crippen molar-refractivity contribution < 1.29 is 26.8 Å². The fourth-order valence-corrected chi connectivity index (χ4v) is 12.4. The van der Waals surface area contributed by atoms with Gasteiger partial charge in [0.2, 0.25) is 0 Å². The van der Waals surface area contributed by atoms with Crippen molar-refractivity contribution in [1.82, 2.24) is 10.1 Å². The van der Waals surface area contributed by atoms with Gasteiger partial charge in [-0.1, -0.05) is 73.1 Å². The second-order valence-corrected chi connectivity index (χ2v) is 33.0. The number of rotatable bonds is 11. The summed E-state index contributed by atoms with van der Waals surface area (Å²) in [5.74, 6) is 0.958. The highest BCUT2D eigenvalue weighted by molar-refractivity contribution is 7.89. The van der Waals surface area contributed by atoms with Crippen LogP contribution < -0.4 is 10.1 Å². The first-order valence-corrected chi connectivity index (χ1v) is 28.2. The lowest BCUT2D eigenvalue weighted by Crippen LogP contribution is -2.56. The number of amides is 1. The molecule has 0 aromatic heterocycles. The van der Waals surface area contributed by atoms with E-state index in [4.69, 9.17) is 13.6 Å². The summed E-state index contributed by atoms with van der Waals surface area (Å²) in [7, 11) is -7.85. The van der Waals surface area contributed by atoms with Crippen molar-refractivity contribution in [1.29, 1.82) is 0 Å². The van der Waals surface area contributed by atoms with Gasteiger partial charge in [0, 0.05) is 30.4 Å². The molecular formula is C43H77N3O6SSi2. The van der Waals surface area contributed by atoms with Crippen LogP contribution in [0.3, 0.4) is 0 Å². The van der Waals surface area contributed by atoms with Crippen LogP contribution in [0.2, 0.25) is 36.3 Å². The Morgan fingerprint density at radius 2 is 1.47 bits per heavy atom. The largest absolute Gasteiger partial charge is 0.444 e. The zero-order valence-corrected chi connectivity index (χ0v) is 40.2. The highest BCUT2D eigenvalue weighted by atomic mass is 32.2. The summed E-state index contributed by atoms with van der Waals surface area (Å²) < 4.78 is 46.7. The molecule has 1 amide bonds. The van der Waals surface area contributed by atoms with E-state index in [1.54, 1.807) is 24.3 Å². The normalized spacial score (nSPS) is 30.5. The molecule has 3 aliphatic carbocycles. The maximum Gasteiger partial charge on any atom is 0.407 e. The van der Waals surface area contributed by atoms with E-state index in [1.165, 1.54) is 0 Å². The third kappa shape index (κ3) is 10.5. The third-order valence-electron chi connectivity index (χ3n) is 14.7. The molecule has 4 rings (SSSR count). The van der Waals surface area contributed by atoms with Crippen molar-refractivity contribution in [3.8, 4) is 0 Å². The molecule has 3 saturated carbocycles. The molecule has 12 heteroatoms. The van der Waals surface area contributed by atoms with Crippen LogP contribution in [-0.2, 0) is 23.6 Å². The summed E-state index contributed by atoms with van der Waals surface area (Å²) in [6.45, 7) is 36.9. The zero-order chi connectivity index (χ0) is 41.6. The van der Waals surface area contributed by atoms with Gasteiger partial charge in [0.1, 0.15) is 5.60 Å². The van der Waals surface area contributed by atoms with Crippen LogP contribution in [0.15, 0.2) is 34.3 Å². The van der Waals surface area contributed by atoms with Gasteiger partial charge >= 0.3 is 6.09 Å². The lowest BCUT2D eigenvalue weighted by molar-refractivity contribution is -0.0871. The van der Waals surface area contributed by atoms with E-state index in [9.17, 15) is 13.2 Å². The number of carbonyl (C=O) groups excluding carboxylic acids is 1. The second kappa shape index (κ2) is 16.1. The van der Waals surface area contributed by atoms with Crippen LogP contribution in [0.1, 0.15) is 127 Å². The average Bonchev–Trinajstić information content (AvgIpc) is 3.37. The van der Waals surface area contributed by atoms with E-state index in [2.05, 4.69) is 96.8 Å². The van der Waals surface area contributed by atoms with Gasteiger partial charge in [-0.2, -0.15) is 13.5 Å². The number of fused-ring (bicyclic) bond motifs is 1. The van der Waals surface area contributed by atoms with Crippen LogP contribution >= 0.6 is 0 Å². The lowest BCUT2D eigenvalue weighted by Gasteiger charge is -2.57. The topological polar surface area (TPSA) is 115 Å². The summed E-state index contributed by atoms with van der Waals surface area (Å²) in [6, 6.07) is 6.85. The zero-order valence-electron chi connectivity index (χ0n) is 37.4. The van der Waals surface area contributed by atoms with Crippen molar-refractivity contribution >= 4 is 38.5 Å². The quantitative estimate of drug-likeness (QED) is 0.170. The van der Waals surface area contributed by atoms with Crippen LogP contribution in [0.5, 0.6) is 0 Å². The van der Waals surface area contributed by atoms with Gasteiger partial charge in [-0.3, -0.25) is 0 Å². The Bertz CT molecular complexity index is 1640. The molecule has 9 nitrogen and oxygen atoms in total. The SMILES string of the molecule is Cc1ccc(S(=O)(=O)N/N=C2\CC[C@H]3[C@H](CNC(=O)OC(C)(C)C)[C@@H]([C@@]4(C)CC[C@H](O[Si](C)(C)C(C)(C)C)C[C@@H]4CO[Si](C)(C)C(C)(C)C)CC[C@]23C)cc1. The minimum absolute atomic E-state index is 0.0514. The summed E-state index contributed by atoms with van der Waals surface area (Å²) >= 11 is 0. The van der Waals surface area contributed by atoms with E-state index in [0.29, 0.717) is 31.4 Å². The number of hydrogen-bond acceptors (Lipinski definition) is 7. The Kier molecular flexibility index (Phi) is 13.5. The number of ether oxygens (including phenoxy) is 1. The first-order chi connectivity index (χ1) is 24.9. The van der Waals surface area contributed by atoms with Crippen molar-refractivity contribution in [3.63, 3.8) is 0 Å². The highest BCUT2D eigenvalue weighted by Crippen LogP contribution is 2.62.